The van der Waals surface area contributed by atoms with Crippen LogP contribution in [0, 0.1) is 0 Å². The zero-order chi connectivity index (χ0) is 13.8. The van der Waals surface area contributed by atoms with Gasteiger partial charge in [0.15, 0.2) is 5.82 Å². The van der Waals surface area contributed by atoms with Crippen molar-refractivity contribution in [1.82, 2.24) is 9.97 Å². The third-order valence-corrected chi connectivity index (χ3v) is 2.80. The Morgan fingerprint density at radius 2 is 2.26 bits per heavy atom. The molecule has 0 spiro atoms. The number of aromatic nitrogens is 2. The van der Waals surface area contributed by atoms with Crippen molar-refractivity contribution in [2.45, 2.75) is 45.3 Å². The van der Waals surface area contributed by atoms with E-state index >= 15 is 0 Å². The molecule has 1 heterocycles. The number of carboxylic acid groups (broad SMARTS) is 1. The number of carbonyl (C=O) groups is 1. The van der Waals surface area contributed by atoms with E-state index in [9.17, 15) is 4.79 Å². The van der Waals surface area contributed by atoms with Crippen molar-refractivity contribution in [3.05, 3.63) is 12.4 Å². The molecule has 0 aromatic carbocycles. The molecule has 1 aromatic heterocycles. The smallest absolute Gasteiger partial charge is 0.305 e. The van der Waals surface area contributed by atoms with Crippen LogP contribution in [-0.4, -0.2) is 39.7 Å². The topological polar surface area (TPSA) is 75.5 Å². The van der Waals surface area contributed by atoms with E-state index in [1.54, 1.807) is 12.4 Å². The lowest BCUT2D eigenvalue weighted by atomic mass is 10.3. The number of rotatable bonds is 7. The molecule has 1 aliphatic rings. The maximum absolute atomic E-state index is 10.7. The fourth-order valence-corrected chi connectivity index (χ4v) is 1.86. The first-order valence-corrected chi connectivity index (χ1v) is 6.53. The van der Waals surface area contributed by atoms with Crippen LogP contribution < -0.4 is 9.64 Å². The van der Waals surface area contributed by atoms with E-state index < -0.39 is 5.97 Å². The van der Waals surface area contributed by atoms with Crippen LogP contribution in [0.25, 0.3) is 0 Å². The zero-order valence-electron chi connectivity index (χ0n) is 11.2. The molecule has 0 saturated heterocycles. The van der Waals surface area contributed by atoms with Gasteiger partial charge in [-0.1, -0.05) is 0 Å². The summed E-state index contributed by atoms with van der Waals surface area (Å²) in [5.41, 5.74) is 0. The molecule has 0 atom stereocenters. The summed E-state index contributed by atoms with van der Waals surface area (Å²) < 4.78 is 5.51. The first kappa shape index (κ1) is 13.6. The summed E-state index contributed by atoms with van der Waals surface area (Å²) >= 11 is 0. The summed E-state index contributed by atoms with van der Waals surface area (Å²) in [4.78, 5) is 21.2. The molecular weight excluding hydrogens is 246 g/mol. The van der Waals surface area contributed by atoms with Gasteiger partial charge in [0, 0.05) is 12.6 Å². The minimum atomic E-state index is -0.798. The molecule has 1 aliphatic carbocycles. The number of anilines is 1. The van der Waals surface area contributed by atoms with Gasteiger partial charge >= 0.3 is 5.97 Å². The molecular formula is C13H19N3O3. The van der Waals surface area contributed by atoms with Crippen molar-refractivity contribution < 1.29 is 14.6 Å². The highest BCUT2D eigenvalue weighted by molar-refractivity contribution is 5.67. The predicted molar refractivity (Wildman–Crippen MR) is 70.4 cm³/mol. The molecule has 6 heteroatoms. The number of carboxylic acids is 1. The van der Waals surface area contributed by atoms with E-state index in [4.69, 9.17) is 9.84 Å². The molecule has 0 unspecified atom stereocenters. The third kappa shape index (κ3) is 4.08. The predicted octanol–water partition coefficient (Wildman–Crippen LogP) is 1.71. The number of nitrogens with zero attached hydrogens (tertiary/aromatic N) is 3. The lowest BCUT2D eigenvalue weighted by molar-refractivity contribution is -0.136. The number of hydrogen-bond donors (Lipinski definition) is 1. The fraction of sp³-hybridized carbons (Fsp3) is 0.615. The van der Waals surface area contributed by atoms with Gasteiger partial charge in [0.1, 0.15) is 0 Å². The average molecular weight is 265 g/mol. The lowest BCUT2D eigenvalue weighted by Crippen LogP contribution is -2.29. The second kappa shape index (κ2) is 5.86. The average Bonchev–Trinajstić information content (AvgIpc) is 3.13. The van der Waals surface area contributed by atoms with E-state index in [1.165, 1.54) is 0 Å². The van der Waals surface area contributed by atoms with E-state index in [0.717, 1.165) is 12.8 Å². The first-order chi connectivity index (χ1) is 9.06. The molecule has 1 N–H and O–H groups in total. The Hall–Kier alpha value is -1.85. The van der Waals surface area contributed by atoms with Crippen LogP contribution in [0.4, 0.5) is 5.82 Å². The molecule has 6 nitrogen and oxygen atoms in total. The highest BCUT2D eigenvalue weighted by Crippen LogP contribution is 2.31. The summed E-state index contributed by atoms with van der Waals surface area (Å²) in [6.45, 7) is 4.31. The van der Waals surface area contributed by atoms with Gasteiger partial charge in [-0.05, 0) is 26.7 Å². The van der Waals surface area contributed by atoms with Gasteiger partial charge in [0.2, 0.25) is 5.88 Å². The number of ether oxygens (including phenoxy) is 1. The maximum Gasteiger partial charge on any atom is 0.305 e. The van der Waals surface area contributed by atoms with Crippen molar-refractivity contribution in [2.24, 2.45) is 0 Å². The van der Waals surface area contributed by atoms with Crippen LogP contribution in [0.3, 0.4) is 0 Å². The Bertz CT molecular complexity index is 447. The first-order valence-electron chi connectivity index (χ1n) is 6.53. The molecule has 1 aromatic rings. The summed E-state index contributed by atoms with van der Waals surface area (Å²) in [7, 11) is 0. The highest BCUT2D eigenvalue weighted by atomic mass is 16.5. The maximum atomic E-state index is 10.7. The molecule has 0 aliphatic heterocycles. The molecule has 104 valence electrons. The van der Waals surface area contributed by atoms with Gasteiger partial charge in [0.25, 0.3) is 0 Å². The van der Waals surface area contributed by atoms with Gasteiger partial charge in [0.05, 0.1) is 24.9 Å². The van der Waals surface area contributed by atoms with Gasteiger partial charge in [-0.3, -0.25) is 9.78 Å². The Morgan fingerprint density at radius 1 is 1.53 bits per heavy atom. The van der Waals surface area contributed by atoms with Crippen LogP contribution in [0.5, 0.6) is 5.88 Å². The van der Waals surface area contributed by atoms with Gasteiger partial charge in [-0.15, -0.1) is 0 Å². The van der Waals surface area contributed by atoms with Crippen molar-refractivity contribution in [3.63, 3.8) is 0 Å². The summed E-state index contributed by atoms with van der Waals surface area (Å²) in [6, 6.07) is 0.392. The largest absolute Gasteiger partial charge is 0.481 e. The Morgan fingerprint density at radius 3 is 2.84 bits per heavy atom. The lowest BCUT2D eigenvalue weighted by Gasteiger charge is -2.22. The Labute approximate surface area is 112 Å². The van der Waals surface area contributed by atoms with E-state index in [1.807, 2.05) is 18.7 Å². The molecule has 1 fully saturated rings. The second-order valence-electron chi connectivity index (χ2n) is 4.95. The van der Waals surface area contributed by atoms with Crippen molar-refractivity contribution in [2.75, 3.05) is 11.4 Å². The molecule has 19 heavy (non-hydrogen) atoms. The minimum absolute atomic E-state index is 0.0398. The summed E-state index contributed by atoms with van der Waals surface area (Å²) in [5.74, 6) is 0.378. The number of aliphatic carboxylic acids is 1. The Balaban J connectivity index is 2.09. The van der Waals surface area contributed by atoms with E-state index in [0.29, 0.717) is 24.3 Å². The van der Waals surface area contributed by atoms with Crippen LogP contribution in [0.1, 0.15) is 33.1 Å². The van der Waals surface area contributed by atoms with E-state index in [2.05, 4.69) is 9.97 Å². The zero-order valence-corrected chi connectivity index (χ0v) is 11.2. The highest BCUT2D eigenvalue weighted by Gasteiger charge is 2.30. The molecule has 2 rings (SSSR count). The van der Waals surface area contributed by atoms with Gasteiger partial charge in [-0.25, -0.2) is 0 Å². The molecule has 0 radical (unpaired) electrons. The summed E-state index contributed by atoms with van der Waals surface area (Å²) in [6.07, 6.45) is 5.54. The third-order valence-electron chi connectivity index (χ3n) is 2.80. The monoisotopic (exact) mass is 265 g/mol. The Kier molecular flexibility index (Phi) is 4.19. The van der Waals surface area contributed by atoms with Gasteiger partial charge < -0.3 is 14.7 Å². The molecule has 1 saturated carbocycles. The van der Waals surface area contributed by atoms with Crippen molar-refractivity contribution >= 4 is 11.8 Å². The second-order valence-corrected chi connectivity index (χ2v) is 4.95. The standard InChI is InChI=1S/C13H19N3O3/c1-9(2)19-12-8-14-7-11(15-12)16(10-3-4-10)6-5-13(17)18/h7-10H,3-6H2,1-2H3,(H,17,18). The normalized spacial score (nSPS) is 14.5. The molecule has 0 amide bonds. The number of hydrogen-bond acceptors (Lipinski definition) is 5. The molecule has 0 bridgehead atoms. The van der Waals surface area contributed by atoms with Crippen LogP contribution in [0.2, 0.25) is 0 Å². The van der Waals surface area contributed by atoms with Crippen LogP contribution >= 0.6 is 0 Å². The van der Waals surface area contributed by atoms with Crippen molar-refractivity contribution in [3.8, 4) is 5.88 Å². The van der Waals surface area contributed by atoms with Crippen LogP contribution in [-0.2, 0) is 4.79 Å². The summed E-state index contributed by atoms with van der Waals surface area (Å²) in [5, 5.41) is 8.80. The van der Waals surface area contributed by atoms with E-state index in [-0.39, 0.29) is 12.5 Å². The fourth-order valence-electron chi connectivity index (χ4n) is 1.86. The van der Waals surface area contributed by atoms with Gasteiger partial charge in [-0.2, -0.15) is 4.98 Å². The van der Waals surface area contributed by atoms with Crippen molar-refractivity contribution in [1.29, 1.82) is 0 Å². The van der Waals surface area contributed by atoms with Crippen LogP contribution in [0.15, 0.2) is 12.4 Å². The quantitative estimate of drug-likeness (QED) is 0.808. The minimum Gasteiger partial charge on any atom is -0.481 e. The SMILES string of the molecule is CC(C)Oc1cncc(N(CCC(=O)O)C2CC2)n1.